The minimum atomic E-state index is 0.444. The van der Waals surface area contributed by atoms with E-state index in [0.29, 0.717) is 17.1 Å². The number of anilines is 1. The molecule has 5 heteroatoms. The lowest BCUT2D eigenvalue weighted by Crippen LogP contribution is -2.35. The smallest absolute Gasteiger partial charge is 0.295 e. The van der Waals surface area contributed by atoms with Crippen molar-refractivity contribution in [3.63, 3.8) is 0 Å². The molecule has 4 nitrogen and oxygen atoms in total. The Hall–Kier alpha value is -1.26. The molecule has 0 amide bonds. The Bertz CT molecular complexity index is 519. The lowest BCUT2D eigenvalue weighted by molar-refractivity contribution is 0.466. The number of nitrogens with one attached hydrogen (secondary N) is 2. The van der Waals surface area contributed by atoms with Gasteiger partial charge in [-0.05, 0) is 44.1 Å². The zero-order valence-electron chi connectivity index (χ0n) is 9.37. The molecule has 1 aliphatic heterocycles. The van der Waals surface area contributed by atoms with Gasteiger partial charge < -0.3 is 15.1 Å². The van der Waals surface area contributed by atoms with E-state index in [0.717, 1.165) is 37.0 Å². The largest absolute Gasteiger partial charge is 0.424 e. The number of hydrogen-bond acceptors (Lipinski definition) is 4. The first-order valence-corrected chi connectivity index (χ1v) is 6.22. The molecule has 0 radical (unpaired) electrons. The van der Waals surface area contributed by atoms with Gasteiger partial charge in [0, 0.05) is 11.1 Å². The Balaban J connectivity index is 1.80. The van der Waals surface area contributed by atoms with E-state index in [1.165, 1.54) is 0 Å². The molecule has 0 saturated carbocycles. The van der Waals surface area contributed by atoms with Gasteiger partial charge in [-0.2, -0.15) is 4.98 Å². The zero-order chi connectivity index (χ0) is 11.7. The summed E-state index contributed by atoms with van der Waals surface area (Å²) in [5.74, 6) is 0. The normalized spacial score (nSPS) is 17.5. The average Bonchev–Trinajstić information content (AvgIpc) is 2.71. The molecule has 0 bridgehead atoms. The monoisotopic (exact) mass is 251 g/mol. The van der Waals surface area contributed by atoms with Gasteiger partial charge in [-0.3, -0.25) is 0 Å². The van der Waals surface area contributed by atoms with Crippen LogP contribution in [0.2, 0.25) is 5.02 Å². The standard InChI is InChI=1S/C12H14ClN3O/c13-8-1-2-11-10(7-8)16-12(17-11)15-9-3-5-14-6-4-9/h1-2,7,9,14H,3-6H2,(H,15,16). The zero-order valence-corrected chi connectivity index (χ0v) is 10.1. The Kier molecular flexibility index (Phi) is 2.91. The summed E-state index contributed by atoms with van der Waals surface area (Å²) < 4.78 is 5.62. The molecule has 1 saturated heterocycles. The van der Waals surface area contributed by atoms with E-state index in [9.17, 15) is 0 Å². The van der Waals surface area contributed by atoms with Crippen molar-refractivity contribution < 1.29 is 4.42 Å². The van der Waals surface area contributed by atoms with Gasteiger partial charge >= 0.3 is 0 Å². The minimum absolute atomic E-state index is 0.444. The highest BCUT2D eigenvalue weighted by Crippen LogP contribution is 2.23. The summed E-state index contributed by atoms with van der Waals surface area (Å²) in [4.78, 5) is 4.39. The molecule has 2 aromatic rings. The van der Waals surface area contributed by atoms with Crippen LogP contribution in [0.3, 0.4) is 0 Å². The molecule has 1 aromatic heterocycles. The van der Waals surface area contributed by atoms with Crippen molar-refractivity contribution in [2.75, 3.05) is 18.4 Å². The van der Waals surface area contributed by atoms with Gasteiger partial charge in [0.1, 0.15) is 5.52 Å². The predicted molar refractivity (Wildman–Crippen MR) is 68.5 cm³/mol. The molecule has 2 heterocycles. The molecule has 1 aromatic carbocycles. The van der Waals surface area contributed by atoms with Crippen LogP contribution in [0.1, 0.15) is 12.8 Å². The Morgan fingerprint density at radius 1 is 1.35 bits per heavy atom. The second-order valence-electron chi connectivity index (χ2n) is 4.30. The van der Waals surface area contributed by atoms with Gasteiger partial charge in [0.15, 0.2) is 5.58 Å². The van der Waals surface area contributed by atoms with Crippen molar-refractivity contribution in [3.8, 4) is 0 Å². The van der Waals surface area contributed by atoms with Crippen LogP contribution in [-0.2, 0) is 0 Å². The van der Waals surface area contributed by atoms with Gasteiger partial charge in [-0.25, -0.2) is 0 Å². The molecular formula is C12H14ClN3O. The molecule has 0 aliphatic carbocycles. The van der Waals surface area contributed by atoms with Gasteiger partial charge in [0.05, 0.1) is 0 Å². The van der Waals surface area contributed by atoms with E-state index < -0.39 is 0 Å². The highest BCUT2D eigenvalue weighted by atomic mass is 35.5. The highest BCUT2D eigenvalue weighted by Gasteiger charge is 2.15. The summed E-state index contributed by atoms with van der Waals surface area (Å²) in [5, 5.41) is 7.33. The maximum Gasteiger partial charge on any atom is 0.295 e. The van der Waals surface area contributed by atoms with E-state index in [2.05, 4.69) is 15.6 Å². The van der Waals surface area contributed by atoms with Crippen molar-refractivity contribution >= 4 is 28.7 Å². The molecule has 1 fully saturated rings. The molecule has 0 unspecified atom stereocenters. The summed E-state index contributed by atoms with van der Waals surface area (Å²) in [7, 11) is 0. The predicted octanol–water partition coefficient (Wildman–Crippen LogP) is 2.65. The molecule has 3 rings (SSSR count). The van der Waals surface area contributed by atoms with E-state index in [1.54, 1.807) is 0 Å². The lowest BCUT2D eigenvalue weighted by atomic mass is 10.1. The van der Waals surface area contributed by atoms with Crippen molar-refractivity contribution in [2.45, 2.75) is 18.9 Å². The summed E-state index contributed by atoms with van der Waals surface area (Å²) in [5.41, 5.74) is 1.57. The third-order valence-electron chi connectivity index (χ3n) is 3.02. The maximum atomic E-state index is 5.91. The fraction of sp³-hybridized carbons (Fsp3) is 0.417. The fourth-order valence-electron chi connectivity index (χ4n) is 2.10. The second kappa shape index (κ2) is 4.55. The summed E-state index contributed by atoms with van der Waals surface area (Å²) >= 11 is 5.91. The van der Waals surface area contributed by atoms with Crippen molar-refractivity contribution in [3.05, 3.63) is 23.2 Å². The maximum absolute atomic E-state index is 5.91. The first-order chi connectivity index (χ1) is 8.31. The molecular weight excluding hydrogens is 238 g/mol. The fourth-order valence-corrected chi connectivity index (χ4v) is 2.27. The third kappa shape index (κ3) is 2.37. The summed E-state index contributed by atoms with van der Waals surface area (Å²) in [6.45, 7) is 2.09. The van der Waals surface area contributed by atoms with E-state index in [-0.39, 0.29) is 0 Å². The highest BCUT2D eigenvalue weighted by molar-refractivity contribution is 6.31. The van der Waals surface area contributed by atoms with E-state index >= 15 is 0 Å². The number of halogens is 1. The van der Waals surface area contributed by atoms with E-state index in [4.69, 9.17) is 16.0 Å². The van der Waals surface area contributed by atoms with Crippen LogP contribution in [0.4, 0.5) is 6.01 Å². The van der Waals surface area contributed by atoms with Gasteiger partial charge in [-0.1, -0.05) is 11.6 Å². The van der Waals surface area contributed by atoms with Gasteiger partial charge in [0.2, 0.25) is 0 Å². The van der Waals surface area contributed by atoms with E-state index in [1.807, 2.05) is 18.2 Å². The van der Waals surface area contributed by atoms with Gasteiger partial charge in [-0.15, -0.1) is 0 Å². The second-order valence-corrected chi connectivity index (χ2v) is 4.74. The molecule has 17 heavy (non-hydrogen) atoms. The first-order valence-electron chi connectivity index (χ1n) is 5.84. The number of fused-ring (bicyclic) bond motifs is 1. The number of benzene rings is 1. The Labute approximate surface area is 104 Å². The molecule has 0 atom stereocenters. The molecule has 2 N–H and O–H groups in total. The molecule has 90 valence electrons. The van der Waals surface area contributed by atoms with Crippen LogP contribution in [0.5, 0.6) is 0 Å². The van der Waals surface area contributed by atoms with Crippen molar-refractivity contribution in [1.29, 1.82) is 0 Å². The summed E-state index contributed by atoms with van der Waals surface area (Å²) in [6, 6.07) is 6.50. The van der Waals surface area contributed by atoms with Crippen LogP contribution in [0.25, 0.3) is 11.1 Å². The molecule has 0 spiro atoms. The van der Waals surface area contributed by atoms with Crippen LogP contribution in [0.15, 0.2) is 22.6 Å². The Morgan fingerprint density at radius 3 is 3.00 bits per heavy atom. The number of piperidine rings is 1. The van der Waals surface area contributed by atoms with Gasteiger partial charge in [0.25, 0.3) is 6.01 Å². The topological polar surface area (TPSA) is 50.1 Å². The quantitative estimate of drug-likeness (QED) is 0.862. The number of aromatic nitrogens is 1. The van der Waals surface area contributed by atoms with Crippen LogP contribution >= 0.6 is 11.6 Å². The Morgan fingerprint density at radius 2 is 2.18 bits per heavy atom. The van der Waals surface area contributed by atoms with Crippen LogP contribution in [-0.4, -0.2) is 24.1 Å². The van der Waals surface area contributed by atoms with Crippen molar-refractivity contribution in [1.82, 2.24) is 10.3 Å². The first kappa shape index (κ1) is 10.9. The lowest BCUT2D eigenvalue weighted by Gasteiger charge is -2.22. The number of hydrogen-bond donors (Lipinski definition) is 2. The number of rotatable bonds is 2. The minimum Gasteiger partial charge on any atom is -0.424 e. The van der Waals surface area contributed by atoms with Crippen LogP contribution < -0.4 is 10.6 Å². The number of nitrogens with zero attached hydrogens (tertiary/aromatic N) is 1. The van der Waals surface area contributed by atoms with Crippen molar-refractivity contribution in [2.24, 2.45) is 0 Å². The van der Waals surface area contributed by atoms with Crippen LogP contribution in [0, 0.1) is 0 Å². The SMILES string of the molecule is Clc1ccc2oc(NC3CCNCC3)nc2c1. The average molecular weight is 252 g/mol. The number of oxazole rings is 1. The third-order valence-corrected chi connectivity index (χ3v) is 3.25. The summed E-state index contributed by atoms with van der Waals surface area (Å²) in [6.07, 6.45) is 2.19. The molecule has 1 aliphatic rings.